The first-order valence-corrected chi connectivity index (χ1v) is 9.53. The van der Waals surface area contributed by atoms with Crippen molar-refractivity contribution in [2.24, 2.45) is 0 Å². The van der Waals surface area contributed by atoms with Gasteiger partial charge in [-0.3, -0.25) is 0 Å². The van der Waals surface area contributed by atoms with E-state index < -0.39 is 0 Å². The fraction of sp³-hybridized carbons (Fsp3) is 0.450. The van der Waals surface area contributed by atoms with Gasteiger partial charge in [0.25, 0.3) is 0 Å². The molecule has 3 N–H and O–H groups in total. The van der Waals surface area contributed by atoms with Crippen LogP contribution in [-0.4, -0.2) is 39.1 Å². The Labute approximate surface area is 153 Å². The molecule has 136 valence electrons. The van der Waals surface area contributed by atoms with E-state index in [1.807, 2.05) is 13.1 Å². The van der Waals surface area contributed by atoms with Crippen LogP contribution in [0.3, 0.4) is 0 Å². The van der Waals surface area contributed by atoms with E-state index >= 15 is 0 Å². The molecule has 0 bridgehead atoms. The third-order valence-electron chi connectivity index (χ3n) is 4.87. The lowest BCUT2D eigenvalue weighted by Crippen LogP contribution is -2.35. The minimum absolute atomic E-state index is 0.465. The maximum Gasteiger partial charge on any atom is 0.140 e. The molecule has 0 atom stereocenters. The van der Waals surface area contributed by atoms with Crippen molar-refractivity contribution in [2.45, 2.75) is 45.6 Å². The van der Waals surface area contributed by atoms with Gasteiger partial charge in [-0.15, -0.1) is 0 Å². The quantitative estimate of drug-likeness (QED) is 0.657. The zero-order valence-corrected chi connectivity index (χ0v) is 15.5. The lowest BCUT2D eigenvalue weighted by atomic mass is 10.1. The lowest BCUT2D eigenvalue weighted by Gasteiger charge is -2.24. The number of nitrogens with zero attached hydrogens (tertiary/aromatic N) is 3. The maximum atomic E-state index is 4.82. The fourth-order valence-corrected chi connectivity index (χ4v) is 3.60. The Kier molecular flexibility index (Phi) is 4.84. The van der Waals surface area contributed by atoms with Gasteiger partial charge in [-0.25, -0.2) is 15.0 Å². The Hall–Kier alpha value is -2.47. The molecule has 0 unspecified atom stereocenters. The van der Waals surface area contributed by atoms with E-state index in [0.29, 0.717) is 6.04 Å². The zero-order chi connectivity index (χ0) is 17.9. The van der Waals surface area contributed by atoms with E-state index in [4.69, 9.17) is 9.97 Å². The first kappa shape index (κ1) is 17.0. The van der Waals surface area contributed by atoms with Crippen molar-refractivity contribution in [3.8, 4) is 11.3 Å². The minimum atomic E-state index is 0.465. The largest absolute Gasteiger partial charge is 0.367 e. The fourth-order valence-electron chi connectivity index (χ4n) is 3.60. The summed E-state index contributed by atoms with van der Waals surface area (Å²) in [5, 5.41) is 8.12. The number of pyridine rings is 1. The summed E-state index contributed by atoms with van der Waals surface area (Å²) in [5.74, 6) is 1.83. The molecule has 4 rings (SSSR count). The topological polar surface area (TPSA) is 78.5 Å². The molecule has 0 amide bonds. The number of hydrogen-bond acceptors (Lipinski definition) is 5. The molecule has 1 saturated heterocycles. The van der Waals surface area contributed by atoms with Crippen LogP contribution in [0.5, 0.6) is 0 Å². The molecule has 1 aliphatic heterocycles. The number of rotatable bonds is 5. The molecule has 26 heavy (non-hydrogen) atoms. The second-order valence-electron chi connectivity index (χ2n) is 7.02. The molecule has 0 saturated carbocycles. The number of H-pyrrole nitrogens is 1. The van der Waals surface area contributed by atoms with Crippen molar-refractivity contribution in [3.05, 3.63) is 35.9 Å². The van der Waals surface area contributed by atoms with Crippen LogP contribution < -0.4 is 10.6 Å². The molecule has 0 radical (unpaired) electrons. The van der Waals surface area contributed by atoms with E-state index in [1.165, 1.54) is 0 Å². The van der Waals surface area contributed by atoms with E-state index in [2.05, 4.69) is 45.7 Å². The number of aromatic nitrogens is 4. The predicted octanol–water partition coefficient (Wildman–Crippen LogP) is 3.44. The molecule has 1 aliphatic rings. The van der Waals surface area contributed by atoms with Crippen molar-refractivity contribution in [2.75, 3.05) is 18.4 Å². The van der Waals surface area contributed by atoms with E-state index in [1.54, 1.807) is 0 Å². The summed E-state index contributed by atoms with van der Waals surface area (Å²) in [6.07, 6.45) is 6.12. The lowest BCUT2D eigenvalue weighted by molar-refractivity contribution is 0.478. The first-order valence-electron chi connectivity index (χ1n) is 9.53. The summed E-state index contributed by atoms with van der Waals surface area (Å²) in [7, 11) is 0. The molecular weight excluding hydrogens is 324 g/mol. The van der Waals surface area contributed by atoms with Crippen LogP contribution in [0, 0.1) is 6.92 Å². The second-order valence-corrected chi connectivity index (χ2v) is 7.02. The monoisotopic (exact) mass is 350 g/mol. The molecule has 1 fully saturated rings. The van der Waals surface area contributed by atoms with Gasteiger partial charge in [0.05, 0.1) is 5.69 Å². The van der Waals surface area contributed by atoms with Gasteiger partial charge in [0.2, 0.25) is 0 Å². The van der Waals surface area contributed by atoms with Gasteiger partial charge in [-0.1, -0.05) is 6.92 Å². The number of nitrogens with one attached hydrogen (secondary N) is 3. The Morgan fingerprint density at radius 1 is 1.15 bits per heavy atom. The summed E-state index contributed by atoms with van der Waals surface area (Å²) >= 11 is 0. The van der Waals surface area contributed by atoms with Crippen LogP contribution in [0.15, 0.2) is 24.4 Å². The van der Waals surface area contributed by atoms with Crippen molar-refractivity contribution in [3.63, 3.8) is 0 Å². The third-order valence-corrected chi connectivity index (χ3v) is 4.87. The van der Waals surface area contributed by atoms with E-state index in [-0.39, 0.29) is 0 Å². The summed E-state index contributed by atoms with van der Waals surface area (Å²) in [5.41, 5.74) is 3.98. The Bertz CT molecular complexity index is 894. The molecule has 4 heterocycles. The SMILES string of the molecule is CCCc1nc(C)cc(-c2cc(NC3CCNCC3)nc3[nH]ccc23)n1. The number of piperidine rings is 1. The molecule has 0 aliphatic carbocycles. The van der Waals surface area contributed by atoms with Gasteiger partial charge in [0.1, 0.15) is 17.3 Å². The maximum absolute atomic E-state index is 4.82. The van der Waals surface area contributed by atoms with Gasteiger partial charge < -0.3 is 15.6 Å². The van der Waals surface area contributed by atoms with Crippen LogP contribution in [0.1, 0.15) is 37.7 Å². The second kappa shape index (κ2) is 7.41. The Morgan fingerprint density at radius 3 is 2.81 bits per heavy atom. The highest BCUT2D eigenvalue weighted by atomic mass is 15.1. The van der Waals surface area contributed by atoms with Crippen molar-refractivity contribution < 1.29 is 0 Å². The Balaban J connectivity index is 1.75. The Morgan fingerprint density at radius 2 is 2.00 bits per heavy atom. The van der Waals surface area contributed by atoms with E-state index in [9.17, 15) is 0 Å². The average Bonchev–Trinajstić information content (AvgIpc) is 3.10. The van der Waals surface area contributed by atoms with E-state index in [0.717, 1.165) is 78.4 Å². The van der Waals surface area contributed by atoms with Crippen LogP contribution in [0.4, 0.5) is 5.82 Å². The number of aromatic amines is 1. The number of aryl methyl sites for hydroxylation is 2. The summed E-state index contributed by atoms with van der Waals surface area (Å²) < 4.78 is 0. The molecular formula is C20H26N6. The van der Waals surface area contributed by atoms with Gasteiger partial charge >= 0.3 is 0 Å². The average molecular weight is 350 g/mol. The highest BCUT2D eigenvalue weighted by Gasteiger charge is 2.16. The molecule has 6 heteroatoms. The molecule has 3 aromatic heterocycles. The number of anilines is 1. The molecule has 0 spiro atoms. The van der Waals surface area contributed by atoms with Crippen LogP contribution in [0.25, 0.3) is 22.3 Å². The first-order chi connectivity index (χ1) is 12.7. The molecule has 6 nitrogen and oxygen atoms in total. The number of fused-ring (bicyclic) bond motifs is 1. The standard InChI is InChI=1S/C20H26N6/c1-3-4-18-23-13(2)11-17(25-18)16-12-19(24-14-5-8-21-9-6-14)26-20-15(16)7-10-22-20/h7,10-12,14,21H,3-6,8-9H2,1-2H3,(H2,22,24,26). The van der Waals surface area contributed by atoms with Crippen molar-refractivity contribution in [1.29, 1.82) is 0 Å². The summed E-state index contributed by atoms with van der Waals surface area (Å²) in [6.45, 7) is 6.30. The van der Waals surface area contributed by atoms with Crippen molar-refractivity contribution >= 4 is 16.9 Å². The summed E-state index contributed by atoms with van der Waals surface area (Å²) in [6, 6.07) is 6.74. The third kappa shape index (κ3) is 3.55. The smallest absolute Gasteiger partial charge is 0.140 e. The van der Waals surface area contributed by atoms with Gasteiger partial charge in [0.15, 0.2) is 0 Å². The van der Waals surface area contributed by atoms with Gasteiger partial charge in [0, 0.05) is 35.3 Å². The summed E-state index contributed by atoms with van der Waals surface area (Å²) in [4.78, 5) is 17.4. The zero-order valence-electron chi connectivity index (χ0n) is 15.5. The normalized spacial score (nSPS) is 15.5. The van der Waals surface area contributed by atoms with Crippen LogP contribution in [-0.2, 0) is 6.42 Å². The predicted molar refractivity (Wildman–Crippen MR) is 105 cm³/mol. The minimum Gasteiger partial charge on any atom is -0.367 e. The van der Waals surface area contributed by atoms with Crippen molar-refractivity contribution in [1.82, 2.24) is 25.3 Å². The van der Waals surface area contributed by atoms with Crippen LogP contribution >= 0.6 is 0 Å². The highest BCUT2D eigenvalue weighted by molar-refractivity contribution is 5.93. The van der Waals surface area contributed by atoms with Gasteiger partial charge in [-0.05, 0) is 57.5 Å². The van der Waals surface area contributed by atoms with Gasteiger partial charge in [-0.2, -0.15) is 0 Å². The number of hydrogen-bond donors (Lipinski definition) is 3. The molecule has 0 aromatic carbocycles. The molecule has 3 aromatic rings. The van der Waals surface area contributed by atoms with Crippen LogP contribution in [0.2, 0.25) is 0 Å². The highest BCUT2D eigenvalue weighted by Crippen LogP contribution is 2.29.